The molecule has 0 saturated carbocycles. The zero-order chi connectivity index (χ0) is 14.8. The highest BCUT2D eigenvalue weighted by atomic mass is 35.5. The lowest BCUT2D eigenvalue weighted by molar-refractivity contribution is 0.552. The molecule has 2 rings (SSSR count). The third-order valence-electron chi connectivity index (χ3n) is 3.30. The summed E-state index contributed by atoms with van der Waals surface area (Å²) in [5, 5.41) is 3.08. The minimum Gasteiger partial charge on any atom is -0.372 e. The summed E-state index contributed by atoms with van der Waals surface area (Å²) in [5.74, 6) is 1.55. The Labute approximate surface area is 128 Å². The van der Waals surface area contributed by atoms with Crippen LogP contribution in [0.4, 0.5) is 5.82 Å². The van der Waals surface area contributed by atoms with Crippen molar-refractivity contribution in [2.45, 2.75) is 29.4 Å². The van der Waals surface area contributed by atoms with Gasteiger partial charge in [-0.2, -0.15) is 11.8 Å². The van der Waals surface area contributed by atoms with Gasteiger partial charge in [0, 0.05) is 24.5 Å². The highest BCUT2D eigenvalue weighted by molar-refractivity contribution is 8.01. The Kier molecular flexibility index (Phi) is 4.84. The van der Waals surface area contributed by atoms with Crippen LogP contribution in [0.1, 0.15) is 19.8 Å². The van der Waals surface area contributed by atoms with E-state index in [1.54, 1.807) is 7.05 Å². The molecular formula is C12H18ClN3O2S2. The van der Waals surface area contributed by atoms with Crippen LogP contribution in [0, 0.1) is 0 Å². The molecule has 1 saturated heterocycles. The van der Waals surface area contributed by atoms with Gasteiger partial charge in [0.1, 0.15) is 10.7 Å². The molecule has 112 valence electrons. The van der Waals surface area contributed by atoms with E-state index in [0.29, 0.717) is 12.4 Å². The van der Waals surface area contributed by atoms with Gasteiger partial charge in [-0.15, -0.1) is 0 Å². The van der Waals surface area contributed by atoms with Crippen molar-refractivity contribution in [2.75, 3.05) is 24.7 Å². The highest BCUT2D eigenvalue weighted by Crippen LogP contribution is 2.37. The van der Waals surface area contributed by atoms with Crippen molar-refractivity contribution in [3.05, 3.63) is 17.3 Å². The molecule has 0 bridgehead atoms. The number of aromatic nitrogens is 1. The first kappa shape index (κ1) is 15.9. The number of hydrogen-bond donors (Lipinski definition) is 2. The molecule has 1 aliphatic rings. The second-order valence-corrected chi connectivity index (χ2v) is 8.83. The maximum absolute atomic E-state index is 12.2. The predicted octanol–water partition coefficient (Wildman–Crippen LogP) is 2.34. The first-order valence-corrected chi connectivity index (χ1v) is 9.18. The van der Waals surface area contributed by atoms with Gasteiger partial charge in [0.25, 0.3) is 0 Å². The quantitative estimate of drug-likeness (QED) is 0.864. The first-order chi connectivity index (χ1) is 9.36. The van der Waals surface area contributed by atoms with Gasteiger partial charge in [-0.25, -0.2) is 18.1 Å². The van der Waals surface area contributed by atoms with Crippen molar-refractivity contribution in [1.82, 2.24) is 9.71 Å². The summed E-state index contributed by atoms with van der Waals surface area (Å²) in [6.07, 6.45) is 3.47. The van der Waals surface area contributed by atoms with Gasteiger partial charge in [-0.05, 0) is 31.6 Å². The molecule has 0 aromatic carbocycles. The second kappa shape index (κ2) is 6.09. The summed E-state index contributed by atoms with van der Waals surface area (Å²) in [7, 11) is -1.89. The number of rotatable bonds is 5. The number of hydrogen-bond acceptors (Lipinski definition) is 5. The monoisotopic (exact) mass is 335 g/mol. The van der Waals surface area contributed by atoms with Crippen LogP contribution in [0.25, 0.3) is 0 Å². The fourth-order valence-corrected chi connectivity index (χ4v) is 4.86. The van der Waals surface area contributed by atoms with E-state index in [-0.39, 0.29) is 14.7 Å². The first-order valence-electron chi connectivity index (χ1n) is 6.33. The number of pyridine rings is 1. The normalized spacial score (nSPS) is 22.9. The maximum atomic E-state index is 12.2. The van der Waals surface area contributed by atoms with Gasteiger partial charge >= 0.3 is 0 Å². The van der Waals surface area contributed by atoms with Gasteiger partial charge in [-0.1, -0.05) is 11.6 Å². The molecule has 1 atom stereocenters. The van der Waals surface area contributed by atoms with E-state index in [9.17, 15) is 8.42 Å². The molecular weight excluding hydrogens is 318 g/mol. The van der Waals surface area contributed by atoms with Gasteiger partial charge in [0.15, 0.2) is 0 Å². The topological polar surface area (TPSA) is 71.1 Å². The highest BCUT2D eigenvalue weighted by Gasteiger charge is 2.31. The van der Waals surface area contributed by atoms with Crippen LogP contribution in [0.2, 0.25) is 5.02 Å². The third-order valence-corrected chi connectivity index (χ3v) is 6.49. The number of nitrogens with one attached hydrogen (secondary N) is 2. The zero-order valence-corrected chi connectivity index (χ0v) is 13.8. The van der Waals surface area contributed by atoms with Crippen molar-refractivity contribution in [2.24, 2.45) is 0 Å². The fraction of sp³-hybridized carbons (Fsp3) is 0.583. The van der Waals surface area contributed by atoms with Crippen LogP contribution >= 0.6 is 23.4 Å². The number of halogens is 1. The lowest BCUT2D eigenvalue weighted by atomic mass is 10.1. The maximum Gasteiger partial charge on any atom is 0.242 e. The zero-order valence-electron chi connectivity index (χ0n) is 11.4. The summed E-state index contributed by atoms with van der Waals surface area (Å²) in [5.41, 5.74) is 0. The Morgan fingerprint density at radius 2 is 2.30 bits per heavy atom. The average molecular weight is 336 g/mol. The van der Waals surface area contributed by atoms with Crippen LogP contribution in [0.5, 0.6) is 0 Å². The minimum absolute atomic E-state index is 0.0186. The van der Waals surface area contributed by atoms with Crippen LogP contribution in [-0.2, 0) is 10.0 Å². The molecule has 8 heteroatoms. The number of sulfonamides is 1. The lowest BCUT2D eigenvalue weighted by Gasteiger charge is -2.22. The summed E-state index contributed by atoms with van der Waals surface area (Å²) >= 11 is 7.78. The Balaban J connectivity index is 2.12. The summed E-state index contributed by atoms with van der Waals surface area (Å²) in [4.78, 5) is 4.08. The minimum atomic E-state index is -3.57. The molecule has 0 aliphatic carbocycles. The number of anilines is 1. The molecule has 1 unspecified atom stereocenters. The van der Waals surface area contributed by atoms with E-state index in [4.69, 9.17) is 11.6 Å². The van der Waals surface area contributed by atoms with E-state index in [1.165, 1.54) is 12.3 Å². The molecule has 2 N–H and O–H groups in total. The molecule has 20 heavy (non-hydrogen) atoms. The van der Waals surface area contributed by atoms with Crippen LogP contribution in [-0.4, -0.2) is 37.5 Å². The van der Waals surface area contributed by atoms with Gasteiger partial charge < -0.3 is 5.32 Å². The molecule has 1 aliphatic heterocycles. The molecule has 0 amide bonds. The van der Waals surface area contributed by atoms with Gasteiger partial charge in [0.2, 0.25) is 10.0 Å². The van der Waals surface area contributed by atoms with E-state index >= 15 is 0 Å². The standard InChI is InChI=1S/C12H18ClN3O2S2/c1-12(4-3-5-19-12)8-16-20(17,18)9-6-10(13)11(14-2)15-7-9/h6-7,16H,3-5,8H2,1-2H3,(H,14,15). The SMILES string of the molecule is CNc1ncc(S(=O)(=O)NCC2(C)CCCS2)cc1Cl. The molecule has 5 nitrogen and oxygen atoms in total. The van der Waals surface area contributed by atoms with Gasteiger partial charge in [0.05, 0.1) is 5.02 Å². The van der Waals surface area contributed by atoms with E-state index in [0.717, 1.165) is 18.6 Å². The average Bonchev–Trinajstić information content (AvgIpc) is 2.84. The van der Waals surface area contributed by atoms with E-state index in [1.807, 2.05) is 11.8 Å². The number of nitrogens with zero attached hydrogens (tertiary/aromatic N) is 1. The second-order valence-electron chi connectivity index (χ2n) is 4.98. The van der Waals surface area contributed by atoms with Crippen LogP contribution in [0.15, 0.2) is 17.2 Å². The molecule has 2 heterocycles. The molecule has 1 aromatic rings. The largest absolute Gasteiger partial charge is 0.372 e. The van der Waals surface area contributed by atoms with Crippen molar-refractivity contribution in [3.8, 4) is 0 Å². The predicted molar refractivity (Wildman–Crippen MR) is 84.1 cm³/mol. The van der Waals surface area contributed by atoms with Gasteiger partial charge in [-0.3, -0.25) is 0 Å². The third kappa shape index (κ3) is 3.58. The fourth-order valence-electron chi connectivity index (χ4n) is 2.06. The Morgan fingerprint density at radius 3 is 2.85 bits per heavy atom. The molecule has 0 radical (unpaired) electrons. The molecule has 1 fully saturated rings. The lowest BCUT2D eigenvalue weighted by Crippen LogP contribution is -2.36. The van der Waals surface area contributed by atoms with Crippen molar-refractivity contribution < 1.29 is 8.42 Å². The van der Waals surface area contributed by atoms with Crippen molar-refractivity contribution in [1.29, 1.82) is 0 Å². The van der Waals surface area contributed by atoms with Crippen molar-refractivity contribution >= 4 is 39.2 Å². The molecule has 0 spiro atoms. The number of thioether (sulfide) groups is 1. The van der Waals surface area contributed by atoms with Crippen LogP contribution in [0.3, 0.4) is 0 Å². The molecule has 1 aromatic heterocycles. The Morgan fingerprint density at radius 1 is 1.55 bits per heavy atom. The van der Waals surface area contributed by atoms with E-state index < -0.39 is 10.0 Å². The Hall–Kier alpha value is -0.500. The smallest absolute Gasteiger partial charge is 0.242 e. The summed E-state index contributed by atoms with van der Waals surface area (Å²) in [6.45, 7) is 2.51. The summed E-state index contributed by atoms with van der Waals surface area (Å²) < 4.78 is 27.1. The van der Waals surface area contributed by atoms with E-state index in [2.05, 4.69) is 21.9 Å². The Bertz CT molecular complexity index is 586. The van der Waals surface area contributed by atoms with Crippen molar-refractivity contribution in [3.63, 3.8) is 0 Å². The van der Waals surface area contributed by atoms with Crippen LogP contribution < -0.4 is 10.0 Å². The summed E-state index contributed by atoms with van der Waals surface area (Å²) in [6, 6.07) is 1.41.